The molecular weight excluding hydrogens is 967 g/mol. The van der Waals surface area contributed by atoms with Crippen LogP contribution < -0.4 is 10.2 Å². The smallest absolute Gasteiger partial charge is 0.260 e. The van der Waals surface area contributed by atoms with E-state index in [0.717, 1.165) is 58.9 Å². The van der Waals surface area contributed by atoms with Gasteiger partial charge in [-0.1, -0.05) is 24.3 Å². The summed E-state index contributed by atoms with van der Waals surface area (Å²) in [5, 5.41) is 3.48. The predicted octanol–water partition coefficient (Wildman–Crippen LogP) is 5.24. The number of nitrogens with one attached hydrogen (secondary N) is 1. The van der Waals surface area contributed by atoms with Crippen molar-refractivity contribution in [1.82, 2.24) is 52.8 Å². The highest BCUT2D eigenvalue weighted by atomic mass is 79.9. The van der Waals surface area contributed by atoms with E-state index in [1.54, 1.807) is 55.2 Å². The molecule has 7 heterocycles. The number of anilines is 1. The standard InChI is InChI=1S/C25H32FN7O2S.C21H23BrFN5O2S/c1-20(21-2-4-22(26)5-3-21)33-19-28-16-24(33)18-30-12-14-32(15-13-30)36(34,35)25-7-6-23(17-29-25)31-10-8-27-9-11-31;1-16(17-2-5-19(23)6-3-17)28-15-24-13-20(28)14-26-8-10-27(11-9-26)31(29,30)21-7-4-18(22)12-25-21/h2-7,16-17,19-20,27H,8-15,18H2,1H3;2-7,12-13,15-16H,8-11,14H2,1H3/t20-;16-/m11/s1. The van der Waals surface area contributed by atoms with Crippen molar-refractivity contribution in [2.24, 2.45) is 0 Å². The molecule has 0 amide bonds. The Morgan fingerprint density at radius 3 is 1.40 bits per heavy atom. The molecule has 1 N–H and O–H groups in total. The van der Waals surface area contributed by atoms with Crippen LogP contribution >= 0.6 is 15.9 Å². The molecule has 0 spiro atoms. The van der Waals surface area contributed by atoms with Crippen molar-refractivity contribution in [3.63, 3.8) is 0 Å². The second-order valence-electron chi connectivity index (χ2n) is 16.8. The Bertz CT molecular complexity index is 2760. The van der Waals surface area contributed by atoms with Gasteiger partial charge in [-0.15, -0.1) is 0 Å². The molecule has 0 radical (unpaired) electrons. The van der Waals surface area contributed by atoms with Gasteiger partial charge in [0.15, 0.2) is 10.1 Å². The van der Waals surface area contributed by atoms with Gasteiger partial charge in [0.25, 0.3) is 20.0 Å². The zero-order chi connectivity index (χ0) is 47.1. The molecule has 9 rings (SSSR count). The molecular formula is C46H55BrF2N12O4S2. The zero-order valence-corrected chi connectivity index (χ0v) is 40.7. The number of sulfonamides is 2. The predicted molar refractivity (Wildman–Crippen MR) is 254 cm³/mol. The molecule has 356 valence electrons. The Balaban J connectivity index is 0.000000184. The molecule has 2 aromatic carbocycles. The summed E-state index contributed by atoms with van der Waals surface area (Å²) in [4.78, 5) is 23.6. The molecule has 0 saturated carbocycles. The van der Waals surface area contributed by atoms with Gasteiger partial charge in [-0.2, -0.15) is 8.61 Å². The highest BCUT2D eigenvalue weighted by molar-refractivity contribution is 9.10. The average molecular weight is 1020 g/mol. The first-order valence-corrected chi connectivity index (χ1v) is 25.9. The maximum atomic E-state index is 13.3. The van der Waals surface area contributed by atoms with Crippen LogP contribution in [0.5, 0.6) is 0 Å². The Labute approximate surface area is 399 Å². The number of halogens is 3. The summed E-state index contributed by atoms with van der Waals surface area (Å²) < 4.78 is 86.5. The molecule has 0 aliphatic carbocycles. The first-order valence-electron chi connectivity index (χ1n) is 22.3. The van der Waals surface area contributed by atoms with E-state index in [4.69, 9.17) is 0 Å². The van der Waals surface area contributed by atoms with Crippen molar-refractivity contribution in [2.45, 2.75) is 49.1 Å². The monoisotopic (exact) mass is 1020 g/mol. The zero-order valence-electron chi connectivity index (χ0n) is 37.4. The van der Waals surface area contributed by atoms with Gasteiger partial charge >= 0.3 is 0 Å². The maximum absolute atomic E-state index is 13.3. The van der Waals surface area contributed by atoms with Crippen molar-refractivity contribution in [3.8, 4) is 0 Å². The summed E-state index contributed by atoms with van der Waals surface area (Å²) in [5.41, 5.74) is 5.02. The van der Waals surface area contributed by atoms with Crippen molar-refractivity contribution in [1.29, 1.82) is 0 Å². The van der Waals surface area contributed by atoms with E-state index in [1.165, 1.54) is 45.1 Å². The topological polar surface area (TPSA) is 158 Å². The lowest BCUT2D eigenvalue weighted by Crippen LogP contribution is -2.48. The number of aromatic nitrogens is 6. The van der Waals surface area contributed by atoms with Crippen LogP contribution in [0.4, 0.5) is 14.5 Å². The van der Waals surface area contributed by atoms with Crippen molar-refractivity contribution >= 4 is 41.7 Å². The molecule has 21 heteroatoms. The fraction of sp³-hybridized carbons (Fsp3) is 0.391. The number of hydrogen-bond donors (Lipinski definition) is 1. The van der Waals surface area contributed by atoms with Gasteiger partial charge in [0.2, 0.25) is 0 Å². The third kappa shape index (κ3) is 11.7. The van der Waals surface area contributed by atoms with Crippen LogP contribution in [-0.4, -0.2) is 143 Å². The van der Waals surface area contributed by atoms with Gasteiger partial charge in [0.1, 0.15) is 11.6 Å². The molecule has 4 aromatic heterocycles. The molecule has 2 atom stereocenters. The molecule has 3 aliphatic heterocycles. The van der Waals surface area contributed by atoms with E-state index >= 15 is 0 Å². The summed E-state index contributed by atoms with van der Waals surface area (Å²) in [5.74, 6) is -0.511. The largest absolute Gasteiger partial charge is 0.368 e. The van der Waals surface area contributed by atoms with Crippen LogP contribution in [0.15, 0.2) is 125 Å². The summed E-state index contributed by atoms with van der Waals surface area (Å²) >= 11 is 3.28. The molecule has 67 heavy (non-hydrogen) atoms. The van der Waals surface area contributed by atoms with Crippen LogP contribution in [0, 0.1) is 11.6 Å². The Kier molecular flexibility index (Phi) is 15.6. The van der Waals surface area contributed by atoms with E-state index in [9.17, 15) is 25.6 Å². The van der Waals surface area contributed by atoms with Crippen LogP contribution in [0.25, 0.3) is 0 Å². The number of nitrogens with zero attached hydrogens (tertiary/aromatic N) is 11. The van der Waals surface area contributed by atoms with Gasteiger partial charge in [-0.05, 0) is 89.4 Å². The number of rotatable bonds is 13. The number of piperazine rings is 3. The number of benzene rings is 2. The van der Waals surface area contributed by atoms with Crippen LogP contribution in [0.2, 0.25) is 0 Å². The second kappa shape index (κ2) is 21.5. The molecule has 3 saturated heterocycles. The quantitative estimate of drug-likeness (QED) is 0.161. The lowest BCUT2D eigenvalue weighted by molar-refractivity contribution is 0.177. The molecule has 3 aliphatic rings. The van der Waals surface area contributed by atoms with Gasteiger partial charge < -0.3 is 19.4 Å². The molecule has 16 nitrogen and oxygen atoms in total. The Morgan fingerprint density at radius 1 is 0.567 bits per heavy atom. The van der Waals surface area contributed by atoms with E-state index in [-0.39, 0.29) is 33.8 Å². The average Bonchev–Trinajstić information content (AvgIpc) is 4.02. The van der Waals surface area contributed by atoms with Crippen LogP contribution in [0.1, 0.15) is 48.4 Å². The minimum Gasteiger partial charge on any atom is -0.368 e. The van der Waals surface area contributed by atoms with E-state index in [2.05, 4.69) is 71.9 Å². The highest BCUT2D eigenvalue weighted by Gasteiger charge is 2.32. The summed E-state index contributed by atoms with van der Waals surface area (Å²) in [6.07, 6.45) is 10.4. The number of pyridine rings is 2. The van der Waals surface area contributed by atoms with Crippen molar-refractivity contribution in [3.05, 3.63) is 149 Å². The molecule has 3 fully saturated rings. The van der Waals surface area contributed by atoms with Crippen LogP contribution in [-0.2, 0) is 33.1 Å². The Morgan fingerprint density at radius 2 is 1.00 bits per heavy atom. The molecule has 6 aromatic rings. The fourth-order valence-corrected chi connectivity index (χ4v) is 11.4. The summed E-state index contributed by atoms with van der Waals surface area (Å²) in [7, 11) is -7.24. The molecule has 0 bridgehead atoms. The van der Waals surface area contributed by atoms with E-state index in [1.807, 2.05) is 25.4 Å². The Hall–Kier alpha value is -5.00. The second-order valence-corrected chi connectivity index (χ2v) is 21.5. The number of imidazole rings is 2. The van der Waals surface area contributed by atoms with E-state index < -0.39 is 20.0 Å². The third-order valence-corrected chi connectivity index (χ3v) is 16.7. The third-order valence-electron chi connectivity index (χ3n) is 12.6. The van der Waals surface area contributed by atoms with Crippen molar-refractivity contribution < 1.29 is 25.6 Å². The van der Waals surface area contributed by atoms with Gasteiger partial charge in [-0.25, -0.2) is 45.6 Å². The van der Waals surface area contributed by atoms with Gasteiger partial charge in [0.05, 0.1) is 48.0 Å². The number of hydrogen-bond acceptors (Lipinski definition) is 12. The minimum absolute atomic E-state index is 0.0139. The first-order chi connectivity index (χ1) is 32.3. The normalized spacial score (nSPS) is 18.0. The molecule has 0 unspecified atom stereocenters. The lowest BCUT2D eigenvalue weighted by Gasteiger charge is -2.34. The summed E-state index contributed by atoms with van der Waals surface area (Å²) in [6, 6.07) is 19.7. The first kappa shape index (κ1) is 48.5. The summed E-state index contributed by atoms with van der Waals surface area (Å²) in [6.45, 7) is 13.1. The van der Waals surface area contributed by atoms with E-state index in [0.29, 0.717) is 65.4 Å². The van der Waals surface area contributed by atoms with Crippen molar-refractivity contribution in [2.75, 3.05) is 83.4 Å². The maximum Gasteiger partial charge on any atom is 0.260 e. The SMILES string of the molecule is C[C@H](c1ccc(F)cc1)n1cncc1CN1CCN(S(=O)(=O)c2ccc(Br)cn2)CC1.C[C@H](c1ccc(F)cc1)n1cncc1CN1CCN(S(=O)(=O)c2ccc(N3CCNCC3)cn2)CC1. The minimum atomic E-state index is -3.64. The van der Waals surface area contributed by atoms with Gasteiger partial charge in [0, 0.05) is 115 Å². The van der Waals surface area contributed by atoms with Crippen LogP contribution in [0.3, 0.4) is 0 Å². The lowest BCUT2D eigenvalue weighted by atomic mass is 10.1. The highest BCUT2D eigenvalue weighted by Crippen LogP contribution is 2.25. The van der Waals surface area contributed by atoms with Gasteiger partial charge in [-0.3, -0.25) is 9.80 Å². The fourth-order valence-electron chi connectivity index (χ4n) is 8.54.